The summed E-state index contributed by atoms with van der Waals surface area (Å²) >= 11 is 0. The molecule has 4 heterocycles. The second kappa shape index (κ2) is 8.91. The minimum absolute atomic E-state index is 0.0424. The molecule has 6 atom stereocenters. The van der Waals surface area contributed by atoms with Gasteiger partial charge in [0.1, 0.15) is 11.7 Å². The van der Waals surface area contributed by atoms with Crippen molar-refractivity contribution in [2.45, 2.75) is 49.8 Å². The van der Waals surface area contributed by atoms with Gasteiger partial charge in [-0.25, -0.2) is 4.57 Å². The molecule has 0 radical (unpaired) electrons. The van der Waals surface area contributed by atoms with E-state index in [9.17, 15) is 32.7 Å². The number of rotatable bonds is 4. The first kappa shape index (κ1) is 25.9. The van der Waals surface area contributed by atoms with Crippen LogP contribution in [0.5, 0.6) is 0 Å². The maximum Gasteiger partial charge on any atom is 0.477 e. The maximum absolute atomic E-state index is 13.3. The lowest BCUT2D eigenvalue weighted by Gasteiger charge is -2.31. The number of nitrogens with zero attached hydrogens (tertiary/aromatic N) is 2. The van der Waals surface area contributed by atoms with Crippen LogP contribution in [0.25, 0.3) is 11.0 Å². The summed E-state index contributed by atoms with van der Waals surface area (Å²) in [4.78, 5) is 18.5. The van der Waals surface area contributed by atoms with Gasteiger partial charge >= 0.3 is 14.0 Å². The van der Waals surface area contributed by atoms with E-state index in [4.69, 9.17) is 24.0 Å². The SMILES string of the molecule is C[C@@]1(O)[C@H](O)C(OP2(=O)OCC[C@H](c3cccc(C(F)(F)F)c3)O2)O[C@H]1n1ccc2c(=O)[nH]c(N)nc21. The monoisotopic (exact) mass is 546 g/mol. The molecule has 37 heavy (non-hydrogen) atoms. The Kier molecular flexibility index (Phi) is 6.22. The first-order valence-corrected chi connectivity index (χ1v) is 12.5. The molecule has 2 aliphatic heterocycles. The largest absolute Gasteiger partial charge is 0.477 e. The fraction of sp³-hybridized carbons (Fsp3) is 0.429. The van der Waals surface area contributed by atoms with Gasteiger partial charge in [0, 0.05) is 12.6 Å². The third-order valence-corrected chi connectivity index (χ3v) is 7.65. The number of alkyl halides is 3. The number of nitrogens with one attached hydrogen (secondary N) is 1. The zero-order valence-corrected chi connectivity index (χ0v) is 20.0. The summed E-state index contributed by atoms with van der Waals surface area (Å²) in [5, 5.41) is 21.9. The van der Waals surface area contributed by atoms with Crippen LogP contribution in [0.4, 0.5) is 19.1 Å². The molecule has 200 valence electrons. The number of fused-ring (bicyclic) bond motifs is 1. The van der Waals surface area contributed by atoms with E-state index in [1.165, 1.54) is 35.9 Å². The second-order valence-electron chi connectivity index (χ2n) is 8.83. The number of aliphatic hydroxyl groups is 2. The quantitative estimate of drug-likeness (QED) is 0.357. The van der Waals surface area contributed by atoms with Gasteiger partial charge in [0.15, 0.2) is 11.9 Å². The fourth-order valence-electron chi connectivity index (χ4n) is 4.28. The zero-order chi connectivity index (χ0) is 26.8. The average molecular weight is 546 g/mol. The van der Waals surface area contributed by atoms with Crippen molar-refractivity contribution in [3.8, 4) is 0 Å². The lowest BCUT2D eigenvalue weighted by atomic mass is 9.99. The molecule has 2 aromatic heterocycles. The van der Waals surface area contributed by atoms with Crippen LogP contribution >= 0.6 is 7.82 Å². The van der Waals surface area contributed by atoms with E-state index < -0.39 is 55.4 Å². The Bertz CT molecular complexity index is 1440. The molecule has 0 bridgehead atoms. The topological polar surface area (TPSA) is 171 Å². The van der Waals surface area contributed by atoms with Crippen molar-refractivity contribution in [2.24, 2.45) is 0 Å². The molecular weight excluding hydrogens is 524 g/mol. The second-order valence-corrected chi connectivity index (χ2v) is 10.4. The van der Waals surface area contributed by atoms with Gasteiger partial charge in [-0.15, -0.1) is 0 Å². The van der Waals surface area contributed by atoms with Gasteiger partial charge in [-0.05, 0) is 30.7 Å². The van der Waals surface area contributed by atoms with E-state index in [0.29, 0.717) is 0 Å². The molecule has 16 heteroatoms. The molecule has 3 aromatic rings. The lowest BCUT2D eigenvalue weighted by Crippen LogP contribution is -2.44. The van der Waals surface area contributed by atoms with Crippen LogP contribution < -0.4 is 11.3 Å². The van der Waals surface area contributed by atoms with E-state index in [1.807, 2.05) is 0 Å². The number of phosphoric ester groups is 1. The summed E-state index contributed by atoms with van der Waals surface area (Å²) in [5.41, 5.74) is 2.27. The number of aromatic amines is 1. The first-order valence-electron chi connectivity index (χ1n) is 11.0. The highest BCUT2D eigenvalue weighted by molar-refractivity contribution is 7.48. The Hall–Kier alpha value is -2.78. The third-order valence-electron chi connectivity index (χ3n) is 6.18. The first-order chi connectivity index (χ1) is 17.3. The Morgan fingerprint density at radius 2 is 2.11 bits per heavy atom. The van der Waals surface area contributed by atoms with Crippen molar-refractivity contribution < 1.29 is 46.3 Å². The number of aromatic nitrogens is 3. The molecule has 0 spiro atoms. The van der Waals surface area contributed by atoms with Crippen LogP contribution in [0.1, 0.15) is 36.8 Å². The number of nitrogens with two attached hydrogens (primary N) is 1. The molecule has 1 aromatic carbocycles. The molecule has 5 N–H and O–H groups in total. The predicted molar refractivity (Wildman–Crippen MR) is 120 cm³/mol. The van der Waals surface area contributed by atoms with E-state index >= 15 is 0 Å². The molecule has 2 fully saturated rings. The van der Waals surface area contributed by atoms with Crippen LogP contribution in [0.2, 0.25) is 0 Å². The molecule has 0 aliphatic carbocycles. The van der Waals surface area contributed by atoms with Crippen LogP contribution in [-0.4, -0.2) is 49.4 Å². The van der Waals surface area contributed by atoms with Crippen molar-refractivity contribution in [2.75, 3.05) is 12.3 Å². The number of benzene rings is 1. The highest BCUT2D eigenvalue weighted by Gasteiger charge is 2.57. The lowest BCUT2D eigenvalue weighted by molar-refractivity contribution is -0.145. The summed E-state index contributed by atoms with van der Waals surface area (Å²) in [6, 6.07) is 5.75. The van der Waals surface area contributed by atoms with E-state index in [2.05, 4.69) is 9.97 Å². The third kappa shape index (κ3) is 4.68. The average Bonchev–Trinajstić information content (AvgIpc) is 3.32. The Balaban J connectivity index is 1.39. The molecule has 2 unspecified atom stereocenters. The molecule has 2 aliphatic rings. The Morgan fingerprint density at radius 3 is 2.84 bits per heavy atom. The van der Waals surface area contributed by atoms with Gasteiger partial charge in [0.05, 0.1) is 23.7 Å². The summed E-state index contributed by atoms with van der Waals surface area (Å²) in [7, 11) is -4.48. The number of phosphoric acid groups is 1. The number of hydrogen-bond donors (Lipinski definition) is 4. The van der Waals surface area contributed by atoms with Crippen molar-refractivity contribution in [1.29, 1.82) is 0 Å². The van der Waals surface area contributed by atoms with E-state index in [1.54, 1.807) is 0 Å². The fourth-order valence-corrected chi connectivity index (χ4v) is 5.73. The summed E-state index contributed by atoms with van der Waals surface area (Å²) in [5.74, 6) is -0.197. The summed E-state index contributed by atoms with van der Waals surface area (Å²) in [6.07, 6.45) is -9.11. The highest BCUT2D eigenvalue weighted by Crippen LogP contribution is 2.59. The number of halogens is 3. The van der Waals surface area contributed by atoms with Crippen molar-refractivity contribution >= 4 is 24.8 Å². The zero-order valence-electron chi connectivity index (χ0n) is 19.1. The van der Waals surface area contributed by atoms with Gasteiger partial charge in [-0.2, -0.15) is 18.2 Å². The van der Waals surface area contributed by atoms with Crippen molar-refractivity contribution in [3.63, 3.8) is 0 Å². The molecule has 0 amide bonds. The standard InChI is InChI=1S/C21H22F3N4O8P/c1-20(31)14(29)17(34-18(20)28-7-5-12-15(28)26-19(25)27-16(12)30)36-37(32)33-8-6-13(35-37)10-3-2-4-11(9-10)21(22,23)24/h2-5,7,9,13-14,17-18,29,31H,6,8H2,1H3,(H3,25,26,27,30)/t13-,14-,17?,18-,20-,37?/m1/s1. The minimum atomic E-state index is -4.59. The van der Waals surface area contributed by atoms with Gasteiger partial charge in [0.25, 0.3) is 5.56 Å². The number of nitrogen functional groups attached to an aromatic ring is 1. The van der Waals surface area contributed by atoms with Crippen LogP contribution in [0.3, 0.4) is 0 Å². The predicted octanol–water partition coefficient (Wildman–Crippen LogP) is 2.60. The van der Waals surface area contributed by atoms with E-state index in [0.717, 1.165) is 12.1 Å². The van der Waals surface area contributed by atoms with Gasteiger partial charge in [0.2, 0.25) is 12.2 Å². The van der Waals surface area contributed by atoms with Crippen molar-refractivity contribution in [1.82, 2.24) is 14.5 Å². The summed E-state index contributed by atoms with van der Waals surface area (Å²) < 4.78 is 75.5. The van der Waals surface area contributed by atoms with Crippen molar-refractivity contribution in [3.05, 3.63) is 58.0 Å². The number of aliphatic hydroxyl groups excluding tert-OH is 1. The number of anilines is 1. The summed E-state index contributed by atoms with van der Waals surface area (Å²) in [6.45, 7) is 1.03. The smallest absolute Gasteiger partial charge is 0.385 e. The molecular formula is C21H22F3N4O8P. The van der Waals surface area contributed by atoms with Gasteiger partial charge in [-0.1, -0.05) is 12.1 Å². The molecule has 0 saturated carbocycles. The normalized spacial score (nSPS) is 32.7. The highest BCUT2D eigenvalue weighted by atomic mass is 31.2. The number of H-pyrrole nitrogens is 1. The van der Waals surface area contributed by atoms with Crippen LogP contribution in [0, 0.1) is 0 Å². The number of ether oxygens (including phenoxy) is 1. The number of hydrogen-bond acceptors (Lipinski definition) is 10. The van der Waals surface area contributed by atoms with Crippen LogP contribution in [0.15, 0.2) is 41.3 Å². The Morgan fingerprint density at radius 1 is 1.35 bits per heavy atom. The van der Waals surface area contributed by atoms with E-state index in [-0.39, 0.29) is 35.6 Å². The molecule has 5 rings (SSSR count). The maximum atomic E-state index is 13.3. The van der Waals surface area contributed by atoms with Gasteiger partial charge < -0.3 is 25.3 Å². The molecule has 12 nitrogen and oxygen atoms in total. The molecule has 2 saturated heterocycles. The minimum Gasteiger partial charge on any atom is -0.385 e. The van der Waals surface area contributed by atoms with Gasteiger partial charge in [-0.3, -0.25) is 23.3 Å². The van der Waals surface area contributed by atoms with Crippen LogP contribution in [-0.2, 0) is 29.0 Å². The Labute approximate surface area is 206 Å².